The van der Waals surface area contributed by atoms with Gasteiger partial charge in [0.2, 0.25) is 0 Å². The fourth-order valence-electron chi connectivity index (χ4n) is 1.82. The van der Waals surface area contributed by atoms with Crippen LogP contribution < -0.4 is 15.5 Å². The van der Waals surface area contributed by atoms with Gasteiger partial charge < -0.3 is 15.5 Å². The van der Waals surface area contributed by atoms with Gasteiger partial charge in [-0.15, -0.1) is 0 Å². The van der Waals surface area contributed by atoms with Crippen molar-refractivity contribution in [3.05, 3.63) is 29.8 Å². The molecule has 1 aromatic carbocycles. The number of nitrogens with one attached hydrogen (secondary N) is 2. The van der Waals surface area contributed by atoms with Crippen molar-refractivity contribution in [1.29, 1.82) is 0 Å². The highest BCUT2D eigenvalue weighted by molar-refractivity contribution is 5.47. The van der Waals surface area contributed by atoms with Crippen molar-refractivity contribution in [1.82, 2.24) is 10.6 Å². The lowest BCUT2D eigenvalue weighted by Crippen LogP contribution is -2.22. The zero-order valence-electron chi connectivity index (χ0n) is 12.0. The number of anilines is 1. The maximum atomic E-state index is 3.49. The lowest BCUT2D eigenvalue weighted by molar-refractivity contribution is 0.592. The first kappa shape index (κ1) is 15.0. The Morgan fingerprint density at radius 3 is 2.56 bits per heavy atom. The van der Waals surface area contributed by atoms with Gasteiger partial charge >= 0.3 is 0 Å². The molecule has 3 heteroatoms. The van der Waals surface area contributed by atoms with Crippen LogP contribution in [0, 0.1) is 0 Å². The van der Waals surface area contributed by atoms with E-state index in [0.29, 0.717) is 0 Å². The monoisotopic (exact) mass is 249 g/mol. The molecule has 0 aliphatic rings. The van der Waals surface area contributed by atoms with Crippen LogP contribution in [0.2, 0.25) is 0 Å². The van der Waals surface area contributed by atoms with E-state index in [1.54, 1.807) is 0 Å². The summed E-state index contributed by atoms with van der Waals surface area (Å²) in [5.74, 6) is 0. The first-order chi connectivity index (χ1) is 8.74. The summed E-state index contributed by atoms with van der Waals surface area (Å²) in [4.78, 5) is 2.14. The minimum atomic E-state index is 0.954. The average molecular weight is 249 g/mol. The van der Waals surface area contributed by atoms with E-state index in [4.69, 9.17) is 0 Å². The topological polar surface area (TPSA) is 27.3 Å². The third kappa shape index (κ3) is 6.03. The second-order valence-corrected chi connectivity index (χ2v) is 4.84. The fourth-order valence-corrected chi connectivity index (χ4v) is 1.82. The Balaban J connectivity index is 2.17. The van der Waals surface area contributed by atoms with Gasteiger partial charge in [0.15, 0.2) is 0 Å². The highest BCUT2D eigenvalue weighted by atomic mass is 15.1. The van der Waals surface area contributed by atoms with Crippen molar-refractivity contribution in [2.24, 2.45) is 0 Å². The summed E-state index contributed by atoms with van der Waals surface area (Å²) in [7, 11) is 4.15. The van der Waals surface area contributed by atoms with Crippen LogP contribution in [0.1, 0.15) is 25.3 Å². The largest absolute Gasteiger partial charge is 0.378 e. The molecule has 0 heterocycles. The molecule has 1 aromatic rings. The van der Waals surface area contributed by atoms with Gasteiger partial charge in [0.1, 0.15) is 0 Å². The van der Waals surface area contributed by atoms with E-state index in [9.17, 15) is 0 Å². The summed E-state index contributed by atoms with van der Waals surface area (Å²) in [5, 5.41) is 6.90. The number of hydrogen-bond donors (Lipinski definition) is 2. The molecule has 102 valence electrons. The number of hydrogen-bond acceptors (Lipinski definition) is 3. The maximum absolute atomic E-state index is 3.49. The number of rotatable bonds is 9. The van der Waals surface area contributed by atoms with Gasteiger partial charge in [-0.3, -0.25) is 0 Å². The van der Waals surface area contributed by atoms with Crippen LogP contribution in [0.15, 0.2) is 24.3 Å². The predicted molar refractivity (Wildman–Crippen MR) is 80.3 cm³/mol. The van der Waals surface area contributed by atoms with Crippen molar-refractivity contribution >= 4 is 5.69 Å². The lowest BCUT2D eigenvalue weighted by Gasteiger charge is -2.13. The second kappa shape index (κ2) is 8.95. The van der Waals surface area contributed by atoms with E-state index in [0.717, 1.165) is 26.2 Å². The average Bonchev–Trinajstić information content (AvgIpc) is 2.38. The molecule has 0 saturated carbocycles. The Morgan fingerprint density at radius 1 is 1.06 bits per heavy atom. The fraction of sp³-hybridized carbons (Fsp3) is 0.600. The molecule has 0 aliphatic carbocycles. The van der Waals surface area contributed by atoms with Crippen molar-refractivity contribution in [2.75, 3.05) is 38.6 Å². The number of benzene rings is 1. The Labute approximate surface area is 112 Å². The summed E-state index contributed by atoms with van der Waals surface area (Å²) in [6.45, 7) is 6.46. The molecular weight excluding hydrogens is 222 g/mol. The van der Waals surface area contributed by atoms with E-state index < -0.39 is 0 Å². The van der Waals surface area contributed by atoms with Crippen LogP contribution in [0.25, 0.3) is 0 Å². The quantitative estimate of drug-likeness (QED) is 0.657. The van der Waals surface area contributed by atoms with Gasteiger partial charge in [-0.2, -0.15) is 0 Å². The van der Waals surface area contributed by atoms with Crippen LogP contribution in [-0.2, 0) is 6.54 Å². The van der Waals surface area contributed by atoms with E-state index in [-0.39, 0.29) is 0 Å². The summed E-state index contributed by atoms with van der Waals surface area (Å²) in [6, 6.07) is 8.67. The van der Waals surface area contributed by atoms with Crippen molar-refractivity contribution in [3.63, 3.8) is 0 Å². The number of nitrogens with zero attached hydrogens (tertiary/aromatic N) is 1. The van der Waals surface area contributed by atoms with Crippen molar-refractivity contribution in [3.8, 4) is 0 Å². The minimum Gasteiger partial charge on any atom is -0.378 e. The first-order valence-corrected chi connectivity index (χ1v) is 6.91. The highest BCUT2D eigenvalue weighted by Crippen LogP contribution is 2.12. The van der Waals surface area contributed by atoms with Crippen LogP contribution in [-0.4, -0.2) is 33.7 Å². The Hall–Kier alpha value is -1.06. The maximum Gasteiger partial charge on any atom is 0.0364 e. The van der Waals surface area contributed by atoms with Crippen LogP contribution in [0.4, 0.5) is 5.69 Å². The third-order valence-corrected chi connectivity index (χ3v) is 2.89. The molecule has 1 rings (SSSR count). The van der Waals surface area contributed by atoms with Gasteiger partial charge in [0.05, 0.1) is 0 Å². The molecule has 0 bridgehead atoms. The first-order valence-electron chi connectivity index (χ1n) is 6.91. The zero-order chi connectivity index (χ0) is 13.2. The molecule has 18 heavy (non-hydrogen) atoms. The summed E-state index contributed by atoms with van der Waals surface area (Å²) in [6.07, 6.45) is 2.40. The molecule has 0 saturated heterocycles. The van der Waals surface area contributed by atoms with Crippen LogP contribution in [0.5, 0.6) is 0 Å². The van der Waals surface area contributed by atoms with E-state index >= 15 is 0 Å². The molecule has 0 aliphatic heterocycles. The van der Waals surface area contributed by atoms with Crippen molar-refractivity contribution in [2.45, 2.75) is 26.3 Å². The van der Waals surface area contributed by atoms with E-state index in [1.165, 1.54) is 24.1 Å². The van der Waals surface area contributed by atoms with Gasteiger partial charge in [-0.1, -0.05) is 19.1 Å². The van der Waals surface area contributed by atoms with Crippen molar-refractivity contribution < 1.29 is 0 Å². The molecule has 0 atom stereocenters. The predicted octanol–water partition coefficient (Wildman–Crippen LogP) is 2.23. The molecule has 0 aromatic heterocycles. The normalized spacial score (nSPS) is 10.6. The lowest BCUT2D eigenvalue weighted by atomic mass is 10.2. The van der Waals surface area contributed by atoms with E-state index in [2.05, 4.69) is 60.8 Å². The zero-order valence-corrected chi connectivity index (χ0v) is 12.0. The van der Waals surface area contributed by atoms with Gasteiger partial charge in [-0.25, -0.2) is 0 Å². The summed E-state index contributed by atoms with van der Waals surface area (Å²) >= 11 is 0. The van der Waals surface area contributed by atoms with Gasteiger partial charge in [0, 0.05) is 26.3 Å². The van der Waals surface area contributed by atoms with Crippen LogP contribution in [0.3, 0.4) is 0 Å². The molecule has 0 fully saturated rings. The molecule has 0 spiro atoms. The molecule has 2 N–H and O–H groups in total. The molecule has 0 radical (unpaired) electrons. The highest BCUT2D eigenvalue weighted by Gasteiger charge is 1.97. The minimum absolute atomic E-state index is 0.954. The third-order valence-electron chi connectivity index (χ3n) is 2.89. The SMILES string of the molecule is CCCNCCCNCc1cccc(N(C)C)c1. The Kier molecular flexibility index (Phi) is 7.46. The standard InChI is InChI=1S/C15H27N3/c1-4-9-16-10-6-11-17-13-14-7-5-8-15(12-14)18(2)3/h5,7-8,12,16-17H,4,6,9-11,13H2,1-3H3. The smallest absolute Gasteiger partial charge is 0.0364 e. The second-order valence-electron chi connectivity index (χ2n) is 4.84. The summed E-state index contributed by atoms with van der Waals surface area (Å²) < 4.78 is 0. The van der Waals surface area contributed by atoms with Gasteiger partial charge in [-0.05, 0) is 50.2 Å². The molecule has 0 unspecified atom stereocenters. The van der Waals surface area contributed by atoms with Gasteiger partial charge in [0.25, 0.3) is 0 Å². The molecule has 3 nitrogen and oxygen atoms in total. The Bertz CT molecular complexity index is 323. The Morgan fingerprint density at radius 2 is 1.83 bits per heavy atom. The molecular formula is C15H27N3. The summed E-state index contributed by atoms with van der Waals surface area (Å²) in [5.41, 5.74) is 2.61. The van der Waals surface area contributed by atoms with E-state index in [1.807, 2.05) is 0 Å². The van der Waals surface area contributed by atoms with Crippen LogP contribution >= 0.6 is 0 Å². The molecule has 0 amide bonds.